The first-order valence-corrected chi connectivity index (χ1v) is 12.1. The second-order valence-electron chi connectivity index (χ2n) is 9.59. The highest BCUT2D eigenvalue weighted by Gasteiger charge is 2.21. The lowest BCUT2D eigenvalue weighted by Gasteiger charge is -2.22. The summed E-state index contributed by atoms with van der Waals surface area (Å²) < 4.78 is 24.5. The molecule has 194 valence electrons. The summed E-state index contributed by atoms with van der Waals surface area (Å²) in [5, 5.41) is 8.16. The van der Waals surface area contributed by atoms with Crippen LogP contribution in [-0.2, 0) is 21.4 Å². The first kappa shape index (κ1) is 26.2. The largest absolute Gasteiger partial charge is 0.497 e. The Morgan fingerprint density at radius 3 is 2.32 bits per heavy atom. The van der Waals surface area contributed by atoms with Gasteiger partial charge in [-0.1, -0.05) is 51.1 Å². The van der Waals surface area contributed by atoms with Crippen LogP contribution in [0.5, 0.6) is 17.4 Å². The highest BCUT2D eigenvalue weighted by molar-refractivity contribution is 5.62. The van der Waals surface area contributed by atoms with Crippen molar-refractivity contribution < 1.29 is 18.9 Å². The van der Waals surface area contributed by atoms with Crippen molar-refractivity contribution in [2.24, 2.45) is 0 Å². The van der Waals surface area contributed by atoms with Crippen molar-refractivity contribution in [1.29, 1.82) is 0 Å². The third kappa shape index (κ3) is 6.28. The van der Waals surface area contributed by atoms with Crippen molar-refractivity contribution in [2.75, 3.05) is 26.6 Å². The van der Waals surface area contributed by atoms with E-state index in [-0.39, 0.29) is 5.41 Å². The van der Waals surface area contributed by atoms with Crippen LogP contribution in [0.15, 0.2) is 72.9 Å². The van der Waals surface area contributed by atoms with Crippen LogP contribution in [0.25, 0.3) is 0 Å². The number of ether oxygens (including phenoxy) is 4. The van der Waals surface area contributed by atoms with E-state index in [1.807, 2.05) is 65.3 Å². The van der Waals surface area contributed by atoms with Crippen LogP contribution >= 0.6 is 0 Å². The number of rotatable bonds is 10. The van der Waals surface area contributed by atoms with Gasteiger partial charge in [-0.15, -0.1) is 0 Å². The van der Waals surface area contributed by atoms with Gasteiger partial charge in [0.15, 0.2) is 12.1 Å². The molecule has 37 heavy (non-hydrogen) atoms. The number of anilines is 2. The van der Waals surface area contributed by atoms with Crippen LogP contribution in [0.1, 0.15) is 43.9 Å². The molecule has 2 aromatic carbocycles. The summed E-state index contributed by atoms with van der Waals surface area (Å²) in [7, 11) is 4.86. The second kappa shape index (κ2) is 11.5. The molecule has 0 aliphatic carbocycles. The van der Waals surface area contributed by atoms with Crippen LogP contribution in [0.2, 0.25) is 0 Å². The molecule has 0 amide bonds. The predicted octanol–water partition coefficient (Wildman–Crippen LogP) is 6.46. The van der Waals surface area contributed by atoms with Gasteiger partial charge in [0.1, 0.15) is 17.2 Å². The smallest absolute Gasteiger partial charge is 0.243 e. The molecule has 0 unspecified atom stereocenters. The predicted molar refractivity (Wildman–Crippen MR) is 144 cm³/mol. The van der Waals surface area contributed by atoms with E-state index in [0.717, 1.165) is 28.3 Å². The Bertz CT molecular complexity index is 1310. The van der Waals surface area contributed by atoms with Gasteiger partial charge >= 0.3 is 0 Å². The van der Waals surface area contributed by atoms with Crippen molar-refractivity contribution in [2.45, 2.75) is 39.0 Å². The maximum absolute atomic E-state index is 6.31. The van der Waals surface area contributed by atoms with Crippen LogP contribution in [0.4, 0.5) is 11.5 Å². The van der Waals surface area contributed by atoms with Crippen molar-refractivity contribution in [3.8, 4) is 17.4 Å². The molecule has 0 radical (unpaired) electrons. The Kier molecular flexibility index (Phi) is 8.11. The topological polar surface area (TPSA) is 79.7 Å². The molecule has 0 atom stereocenters. The van der Waals surface area contributed by atoms with E-state index in [2.05, 4.69) is 37.1 Å². The summed E-state index contributed by atoms with van der Waals surface area (Å²) in [5.41, 5.74) is 3.54. The molecule has 2 aromatic heterocycles. The van der Waals surface area contributed by atoms with Crippen LogP contribution < -0.4 is 14.8 Å². The number of aromatic nitrogens is 3. The molecule has 0 aliphatic heterocycles. The average molecular weight is 503 g/mol. The number of para-hydroxylation sites is 1. The summed E-state index contributed by atoms with van der Waals surface area (Å²) in [6.07, 6.45) is 1.13. The molecule has 4 aromatic rings. The Morgan fingerprint density at radius 2 is 1.65 bits per heavy atom. The monoisotopic (exact) mass is 502 g/mol. The first-order chi connectivity index (χ1) is 17.8. The Balaban J connectivity index is 1.64. The summed E-state index contributed by atoms with van der Waals surface area (Å²) in [5.74, 6) is 2.64. The molecule has 4 rings (SSSR count). The molecule has 0 spiro atoms. The van der Waals surface area contributed by atoms with E-state index in [4.69, 9.17) is 24.0 Å². The summed E-state index contributed by atoms with van der Waals surface area (Å²) in [4.78, 5) is 4.49. The highest BCUT2D eigenvalue weighted by Crippen LogP contribution is 2.36. The van der Waals surface area contributed by atoms with Crippen LogP contribution in [0, 0.1) is 0 Å². The Labute approximate surface area is 218 Å². The van der Waals surface area contributed by atoms with E-state index in [1.165, 1.54) is 0 Å². The van der Waals surface area contributed by atoms with Gasteiger partial charge in [0.25, 0.3) is 0 Å². The second-order valence-corrected chi connectivity index (χ2v) is 9.59. The fourth-order valence-corrected chi connectivity index (χ4v) is 4.03. The van der Waals surface area contributed by atoms with Crippen LogP contribution in [0.3, 0.4) is 0 Å². The van der Waals surface area contributed by atoms with E-state index in [9.17, 15) is 0 Å². The third-order valence-electron chi connectivity index (χ3n) is 5.91. The van der Waals surface area contributed by atoms with Gasteiger partial charge in [0.05, 0.1) is 19.3 Å². The van der Waals surface area contributed by atoms with E-state index in [1.54, 1.807) is 27.5 Å². The molecule has 8 heteroatoms. The Morgan fingerprint density at radius 1 is 0.919 bits per heavy atom. The fourth-order valence-electron chi connectivity index (χ4n) is 4.03. The lowest BCUT2D eigenvalue weighted by atomic mass is 9.86. The van der Waals surface area contributed by atoms with Gasteiger partial charge in [-0.25, -0.2) is 4.98 Å². The maximum atomic E-state index is 6.31. The molecule has 1 N–H and O–H groups in total. The van der Waals surface area contributed by atoms with E-state index < -0.39 is 6.29 Å². The van der Waals surface area contributed by atoms with Crippen molar-refractivity contribution in [3.63, 3.8) is 0 Å². The zero-order valence-electron chi connectivity index (χ0n) is 22.2. The molecule has 2 heterocycles. The van der Waals surface area contributed by atoms with E-state index >= 15 is 0 Å². The van der Waals surface area contributed by atoms with E-state index in [0.29, 0.717) is 23.9 Å². The first-order valence-electron chi connectivity index (χ1n) is 12.1. The van der Waals surface area contributed by atoms with Gasteiger partial charge in [0, 0.05) is 32.0 Å². The van der Waals surface area contributed by atoms with Gasteiger partial charge in [0.2, 0.25) is 5.88 Å². The molecule has 0 bridgehead atoms. The number of nitrogens with one attached hydrogen (secondary N) is 1. The minimum Gasteiger partial charge on any atom is -0.497 e. The van der Waals surface area contributed by atoms with Crippen molar-refractivity contribution in [1.82, 2.24) is 14.8 Å². The fraction of sp³-hybridized carbons (Fsp3) is 0.310. The maximum Gasteiger partial charge on any atom is 0.243 e. The zero-order chi connectivity index (χ0) is 26.4. The van der Waals surface area contributed by atoms with Crippen molar-refractivity contribution in [3.05, 3.63) is 89.7 Å². The molecule has 0 aliphatic rings. The minimum atomic E-state index is -0.579. The molecule has 0 saturated carbocycles. The number of hydrogen-bond donors (Lipinski definition) is 1. The van der Waals surface area contributed by atoms with Crippen molar-refractivity contribution >= 4 is 11.5 Å². The zero-order valence-corrected chi connectivity index (χ0v) is 22.2. The SMILES string of the molecule is COc1ccc(Cn2nc(Nc3cccnc3Oc3ccccc3C(C)(C)C)cc2C(OC)OC)cc1. The summed E-state index contributed by atoms with van der Waals surface area (Å²) >= 11 is 0. The Hall–Kier alpha value is -3.88. The lowest BCUT2D eigenvalue weighted by Crippen LogP contribution is -2.13. The molecular formula is C29H34N4O4. The quantitative estimate of drug-likeness (QED) is 0.249. The number of nitrogens with zero attached hydrogens (tertiary/aromatic N) is 3. The van der Waals surface area contributed by atoms with Gasteiger partial charge in [-0.3, -0.25) is 4.68 Å². The van der Waals surface area contributed by atoms with Gasteiger partial charge in [-0.05, 0) is 41.3 Å². The van der Waals surface area contributed by atoms with Crippen LogP contribution in [-0.4, -0.2) is 36.1 Å². The number of pyridine rings is 1. The van der Waals surface area contributed by atoms with Gasteiger partial charge < -0.3 is 24.3 Å². The highest BCUT2D eigenvalue weighted by atomic mass is 16.7. The van der Waals surface area contributed by atoms with Gasteiger partial charge in [-0.2, -0.15) is 5.10 Å². The number of methoxy groups -OCH3 is 3. The number of benzene rings is 2. The summed E-state index contributed by atoms with van der Waals surface area (Å²) in [6, 6.07) is 21.6. The average Bonchev–Trinajstić information content (AvgIpc) is 3.28. The normalized spacial score (nSPS) is 11.5. The molecule has 0 saturated heterocycles. The minimum absolute atomic E-state index is 0.0799. The lowest BCUT2D eigenvalue weighted by molar-refractivity contribution is -0.110. The number of hydrogen-bond acceptors (Lipinski definition) is 7. The summed E-state index contributed by atoms with van der Waals surface area (Å²) in [6.45, 7) is 7.00. The molecular weight excluding hydrogens is 468 g/mol. The molecule has 8 nitrogen and oxygen atoms in total. The third-order valence-corrected chi connectivity index (χ3v) is 5.91. The standard InChI is InChI=1S/C29H34N4O4/c1-29(2,3)22-10-7-8-12-25(22)37-27-23(11-9-17-30-27)31-26-18-24(28(35-5)36-6)33(32-26)19-20-13-15-21(34-4)16-14-20/h7-18,28H,19H2,1-6H3,(H,31,32). The molecule has 0 fully saturated rings.